The summed E-state index contributed by atoms with van der Waals surface area (Å²) in [7, 11) is -1.35. The molecule has 0 saturated heterocycles. The predicted molar refractivity (Wildman–Crippen MR) is 128 cm³/mol. The Balaban J connectivity index is 1.75. The van der Waals surface area contributed by atoms with E-state index in [2.05, 4.69) is 10.3 Å². The molecule has 0 aliphatic carbocycles. The van der Waals surface area contributed by atoms with Crippen LogP contribution in [0.15, 0.2) is 52.6 Å². The van der Waals surface area contributed by atoms with Crippen LogP contribution in [0.3, 0.4) is 0 Å². The number of pyridine rings is 1. The third kappa shape index (κ3) is 4.37. The Bertz CT molecular complexity index is 1400. The molecule has 2 N–H and O–H groups in total. The minimum Gasteiger partial charge on any atom is -0.496 e. The van der Waals surface area contributed by atoms with Crippen LogP contribution in [0, 0.1) is 0 Å². The summed E-state index contributed by atoms with van der Waals surface area (Å²) in [6.45, 7) is 2.41. The Morgan fingerprint density at radius 2 is 1.87 bits per heavy atom. The van der Waals surface area contributed by atoms with Crippen LogP contribution in [-0.2, 0) is 9.84 Å². The number of thiophene rings is 1. The quantitative estimate of drug-likeness (QED) is 0.437. The molecule has 0 fully saturated rings. The van der Waals surface area contributed by atoms with E-state index in [1.54, 1.807) is 7.11 Å². The van der Waals surface area contributed by atoms with Gasteiger partial charge in [-0.15, -0.1) is 11.3 Å². The van der Waals surface area contributed by atoms with E-state index >= 15 is 0 Å². The summed E-state index contributed by atoms with van der Waals surface area (Å²) >= 11 is 1.43. The topological polar surface area (TPSA) is 88.3 Å². The highest BCUT2D eigenvalue weighted by molar-refractivity contribution is 7.90. The molecule has 1 unspecified atom stereocenters. The lowest BCUT2D eigenvalue weighted by atomic mass is 9.95. The third-order valence-electron chi connectivity index (χ3n) is 5.40. The number of rotatable bonds is 7. The van der Waals surface area contributed by atoms with Crippen LogP contribution in [0.5, 0.6) is 5.75 Å². The van der Waals surface area contributed by atoms with Crippen LogP contribution in [0.4, 0.5) is 0 Å². The number of H-pyrrole nitrogens is 1. The fourth-order valence-corrected chi connectivity index (χ4v) is 5.09. The molecular formula is C23H24N2O4S2. The molecule has 0 aliphatic heterocycles. The molecule has 0 bridgehead atoms. The average Bonchev–Trinajstić information content (AvgIpc) is 3.23. The SMILES string of the molecule is COc1ccc2[nH]c(=O)c3sccc3c2c1-c1ccc(C(C)NCCS(C)(=O)=O)cc1. The number of hydrogen-bond donors (Lipinski definition) is 2. The fourth-order valence-electron chi connectivity index (χ4n) is 3.80. The van der Waals surface area contributed by atoms with Gasteiger partial charge in [-0.3, -0.25) is 4.79 Å². The van der Waals surface area contributed by atoms with Crippen molar-refractivity contribution in [1.82, 2.24) is 10.3 Å². The molecule has 2 heterocycles. The molecular weight excluding hydrogens is 432 g/mol. The van der Waals surface area contributed by atoms with Gasteiger partial charge in [-0.1, -0.05) is 24.3 Å². The smallest absolute Gasteiger partial charge is 0.266 e. The molecule has 0 spiro atoms. The highest BCUT2D eigenvalue weighted by atomic mass is 32.2. The number of sulfone groups is 1. The van der Waals surface area contributed by atoms with E-state index in [9.17, 15) is 13.2 Å². The lowest BCUT2D eigenvalue weighted by Gasteiger charge is -2.16. The number of aromatic nitrogens is 1. The van der Waals surface area contributed by atoms with Crippen LogP contribution in [0.2, 0.25) is 0 Å². The molecule has 2 aromatic heterocycles. The molecule has 6 nitrogen and oxygen atoms in total. The van der Waals surface area contributed by atoms with Gasteiger partial charge >= 0.3 is 0 Å². The molecule has 162 valence electrons. The van der Waals surface area contributed by atoms with Gasteiger partial charge in [0, 0.05) is 40.7 Å². The van der Waals surface area contributed by atoms with E-state index in [-0.39, 0.29) is 17.4 Å². The molecule has 8 heteroatoms. The van der Waals surface area contributed by atoms with Crippen molar-refractivity contribution in [2.75, 3.05) is 25.7 Å². The summed E-state index contributed by atoms with van der Waals surface area (Å²) in [6.07, 6.45) is 1.24. The maximum absolute atomic E-state index is 12.4. The van der Waals surface area contributed by atoms with Crippen molar-refractivity contribution in [2.45, 2.75) is 13.0 Å². The van der Waals surface area contributed by atoms with Crippen LogP contribution in [-0.4, -0.2) is 39.1 Å². The Morgan fingerprint density at radius 1 is 1.13 bits per heavy atom. The molecule has 0 radical (unpaired) electrons. The standard InChI is InChI=1S/C23H24N2O4S2/c1-14(24-11-13-31(3,27)28)15-4-6-16(7-5-15)20-19(29-2)9-8-18-21(20)17-10-12-30-22(17)23(26)25-18/h4-10,12,14,24H,11,13H2,1-3H3,(H,25,26). The van der Waals surface area contributed by atoms with Gasteiger partial charge in [-0.2, -0.15) is 0 Å². The molecule has 0 aliphatic rings. The summed E-state index contributed by atoms with van der Waals surface area (Å²) in [5.74, 6) is 0.844. The lowest BCUT2D eigenvalue weighted by Crippen LogP contribution is -2.25. The summed E-state index contributed by atoms with van der Waals surface area (Å²) < 4.78 is 29.0. The van der Waals surface area contributed by atoms with Crippen molar-refractivity contribution in [1.29, 1.82) is 0 Å². The third-order valence-corrected chi connectivity index (χ3v) is 7.26. The number of methoxy groups -OCH3 is 1. The minimum absolute atomic E-state index is 0.0187. The van der Waals surface area contributed by atoms with Gasteiger partial charge in [0.15, 0.2) is 0 Å². The monoisotopic (exact) mass is 456 g/mol. The zero-order valence-electron chi connectivity index (χ0n) is 17.6. The fraction of sp³-hybridized carbons (Fsp3) is 0.261. The largest absolute Gasteiger partial charge is 0.496 e. The molecule has 4 rings (SSSR count). The van der Waals surface area contributed by atoms with Gasteiger partial charge in [0.2, 0.25) is 0 Å². The number of benzene rings is 2. The number of nitrogens with one attached hydrogen (secondary N) is 2. The van der Waals surface area contributed by atoms with Gasteiger partial charge in [0.05, 0.1) is 12.9 Å². The normalized spacial score (nSPS) is 13.0. The zero-order valence-corrected chi connectivity index (χ0v) is 19.2. The second kappa shape index (κ2) is 8.45. The van der Waals surface area contributed by atoms with E-state index in [4.69, 9.17) is 4.74 Å². The first kappa shape index (κ1) is 21.5. The van der Waals surface area contributed by atoms with Crippen molar-refractivity contribution in [3.63, 3.8) is 0 Å². The highest BCUT2D eigenvalue weighted by Gasteiger charge is 2.16. The second-order valence-corrected chi connectivity index (χ2v) is 10.8. The van der Waals surface area contributed by atoms with E-state index in [1.165, 1.54) is 17.6 Å². The molecule has 1 atom stereocenters. The number of fused-ring (bicyclic) bond motifs is 3. The maximum Gasteiger partial charge on any atom is 0.266 e. The van der Waals surface area contributed by atoms with Gasteiger partial charge in [-0.25, -0.2) is 8.42 Å². The summed E-state index contributed by atoms with van der Waals surface area (Å²) in [4.78, 5) is 15.4. The van der Waals surface area contributed by atoms with Gasteiger partial charge < -0.3 is 15.0 Å². The molecule has 0 amide bonds. The zero-order chi connectivity index (χ0) is 22.2. The van der Waals surface area contributed by atoms with Crippen LogP contribution in [0.25, 0.3) is 32.1 Å². The summed E-state index contributed by atoms with van der Waals surface area (Å²) in [6, 6.07) is 13.9. The second-order valence-electron chi connectivity index (χ2n) is 7.61. The number of aromatic amines is 1. The van der Waals surface area contributed by atoms with Crippen molar-refractivity contribution in [3.05, 3.63) is 63.8 Å². The Hall–Kier alpha value is -2.68. The van der Waals surface area contributed by atoms with Gasteiger partial charge in [0.25, 0.3) is 5.56 Å². The summed E-state index contributed by atoms with van der Waals surface area (Å²) in [5, 5.41) is 7.05. The predicted octanol–water partition coefficient (Wildman–Crippen LogP) is 4.11. The summed E-state index contributed by atoms with van der Waals surface area (Å²) in [5.41, 5.74) is 3.66. The van der Waals surface area contributed by atoms with Crippen molar-refractivity contribution < 1.29 is 13.2 Å². The van der Waals surface area contributed by atoms with Crippen molar-refractivity contribution in [3.8, 4) is 16.9 Å². The van der Waals surface area contributed by atoms with E-state index < -0.39 is 9.84 Å². The average molecular weight is 457 g/mol. The van der Waals surface area contributed by atoms with Gasteiger partial charge in [-0.05, 0) is 41.6 Å². The van der Waals surface area contributed by atoms with Crippen LogP contribution < -0.4 is 15.6 Å². The highest BCUT2D eigenvalue weighted by Crippen LogP contribution is 2.40. The molecule has 31 heavy (non-hydrogen) atoms. The first-order valence-electron chi connectivity index (χ1n) is 9.90. The van der Waals surface area contributed by atoms with E-state index in [1.807, 2.05) is 54.8 Å². The Morgan fingerprint density at radius 3 is 2.55 bits per heavy atom. The Kier molecular flexibility index (Phi) is 5.88. The Labute approximate surface area is 184 Å². The minimum atomic E-state index is -2.99. The van der Waals surface area contributed by atoms with Crippen LogP contribution in [0.1, 0.15) is 18.5 Å². The van der Waals surface area contributed by atoms with Crippen molar-refractivity contribution >= 4 is 42.2 Å². The maximum atomic E-state index is 12.4. The first-order chi connectivity index (χ1) is 14.8. The first-order valence-corrected chi connectivity index (χ1v) is 12.8. The molecule has 0 saturated carbocycles. The molecule has 2 aromatic carbocycles. The van der Waals surface area contributed by atoms with E-state index in [0.717, 1.165) is 38.7 Å². The van der Waals surface area contributed by atoms with Crippen LogP contribution >= 0.6 is 11.3 Å². The van der Waals surface area contributed by atoms with Gasteiger partial charge in [0.1, 0.15) is 20.3 Å². The van der Waals surface area contributed by atoms with E-state index in [0.29, 0.717) is 11.2 Å². The number of ether oxygens (including phenoxy) is 1. The van der Waals surface area contributed by atoms with Crippen molar-refractivity contribution in [2.24, 2.45) is 0 Å². The molecule has 4 aromatic rings. The number of hydrogen-bond acceptors (Lipinski definition) is 6. The lowest BCUT2D eigenvalue weighted by molar-refractivity contribution is 0.417.